The monoisotopic (exact) mass is 332 g/mol. The molecule has 25 heavy (non-hydrogen) atoms. The van der Waals surface area contributed by atoms with Crippen LogP contribution >= 0.6 is 0 Å². The van der Waals surface area contributed by atoms with Gasteiger partial charge in [0.05, 0.1) is 16.6 Å². The maximum absolute atomic E-state index is 13.7. The second-order valence-electron chi connectivity index (χ2n) is 5.47. The number of rotatable bonds is 3. The highest BCUT2D eigenvalue weighted by atomic mass is 19.1. The average molecular weight is 332 g/mol. The molecule has 0 spiro atoms. The zero-order valence-electron chi connectivity index (χ0n) is 13.0. The largest absolute Gasteiger partial charge is 0.337 e. The molecule has 2 aromatic heterocycles. The Balaban J connectivity index is 1.63. The fraction of sp³-hybridized carbons (Fsp3) is 0. The molecule has 0 bridgehead atoms. The van der Waals surface area contributed by atoms with Crippen molar-refractivity contribution >= 4 is 22.6 Å². The Morgan fingerprint density at radius 1 is 1.04 bits per heavy atom. The minimum absolute atomic E-state index is 0.00128. The molecule has 0 aliphatic rings. The number of pyridine rings is 1. The van der Waals surface area contributed by atoms with Crippen LogP contribution in [0.3, 0.4) is 0 Å². The van der Waals surface area contributed by atoms with Crippen LogP contribution < -0.4 is 5.32 Å². The summed E-state index contributed by atoms with van der Waals surface area (Å²) in [6, 6.07) is 16.7. The average Bonchev–Trinajstić information content (AvgIpc) is 3.06. The van der Waals surface area contributed by atoms with Gasteiger partial charge >= 0.3 is 0 Å². The van der Waals surface area contributed by atoms with Gasteiger partial charge in [0.15, 0.2) is 5.82 Å². The predicted molar refractivity (Wildman–Crippen MR) is 93.7 cm³/mol. The molecular weight excluding hydrogens is 319 g/mol. The number of imidazole rings is 1. The first-order valence-electron chi connectivity index (χ1n) is 7.68. The summed E-state index contributed by atoms with van der Waals surface area (Å²) in [5.74, 6) is -0.407. The van der Waals surface area contributed by atoms with Gasteiger partial charge in [0.2, 0.25) is 0 Å². The molecule has 2 heterocycles. The molecule has 4 aromatic rings. The molecule has 5 nitrogen and oxygen atoms in total. The van der Waals surface area contributed by atoms with Crippen molar-refractivity contribution in [2.75, 3.05) is 5.32 Å². The van der Waals surface area contributed by atoms with E-state index in [0.29, 0.717) is 11.5 Å². The number of halogens is 1. The molecule has 122 valence electrons. The maximum atomic E-state index is 13.7. The molecule has 2 N–H and O–H groups in total. The van der Waals surface area contributed by atoms with Crippen LogP contribution in [0.15, 0.2) is 66.9 Å². The third kappa shape index (κ3) is 2.97. The molecule has 0 radical (unpaired) electrons. The fourth-order valence-electron chi connectivity index (χ4n) is 2.56. The van der Waals surface area contributed by atoms with E-state index in [0.717, 1.165) is 16.7 Å². The van der Waals surface area contributed by atoms with Crippen molar-refractivity contribution in [2.24, 2.45) is 0 Å². The van der Waals surface area contributed by atoms with Gasteiger partial charge in [0, 0.05) is 11.9 Å². The van der Waals surface area contributed by atoms with Gasteiger partial charge in [-0.2, -0.15) is 0 Å². The highest BCUT2D eigenvalue weighted by molar-refractivity contribution is 6.05. The minimum atomic E-state index is -0.556. The van der Waals surface area contributed by atoms with Gasteiger partial charge in [0.1, 0.15) is 11.5 Å². The number of anilines is 1. The lowest BCUT2D eigenvalue weighted by atomic mass is 10.2. The second-order valence-corrected chi connectivity index (χ2v) is 5.47. The van der Waals surface area contributed by atoms with Crippen molar-refractivity contribution in [3.63, 3.8) is 0 Å². The number of nitrogens with one attached hydrogen (secondary N) is 2. The number of H-pyrrole nitrogens is 1. The Morgan fingerprint density at radius 2 is 1.88 bits per heavy atom. The quantitative estimate of drug-likeness (QED) is 0.595. The fourth-order valence-corrected chi connectivity index (χ4v) is 2.56. The van der Waals surface area contributed by atoms with E-state index in [1.165, 1.54) is 12.1 Å². The number of carbonyl (C=O) groups is 1. The van der Waals surface area contributed by atoms with Gasteiger partial charge in [-0.3, -0.25) is 9.78 Å². The minimum Gasteiger partial charge on any atom is -0.337 e. The Bertz CT molecular complexity index is 1060. The van der Waals surface area contributed by atoms with Crippen LogP contribution in [0.25, 0.3) is 22.6 Å². The van der Waals surface area contributed by atoms with Crippen LogP contribution in [0.4, 0.5) is 10.1 Å². The number of amides is 1. The lowest BCUT2D eigenvalue weighted by Crippen LogP contribution is -2.13. The van der Waals surface area contributed by atoms with E-state index >= 15 is 0 Å². The summed E-state index contributed by atoms with van der Waals surface area (Å²) in [6.45, 7) is 0. The summed E-state index contributed by atoms with van der Waals surface area (Å²) >= 11 is 0. The molecule has 0 saturated carbocycles. The first-order chi connectivity index (χ1) is 12.2. The molecule has 0 saturated heterocycles. The summed E-state index contributed by atoms with van der Waals surface area (Å²) < 4.78 is 13.7. The lowest BCUT2D eigenvalue weighted by Gasteiger charge is -2.05. The standard InChI is InChI=1S/C19H13FN4O/c20-14-6-2-1-5-13(14)19(25)22-12-8-9-15-17(11-12)24-18(23-15)16-7-3-4-10-21-16/h1-11H,(H,22,25)(H,23,24). The highest BCUT2D eigenvalue weighted by Gasteiger charge is 2.12. The van der Waals surface area contributed by atoms with Crippen molar-refractivity contribution in [1.29, 1.82) is 0 Å². The van der Waals surface area contributed by atoms with Crippen molar-refractivity contribution in [1.82, 2.24) is 15.0 Å². The normalized spacial score (nSPS) is 10.8. The zero-order chi connectivity index (χ0) is 17.2. The summed E-state index contributed by atoms with van der Waals surface area (Å²) in [4.78, 5) is 24.1. The maximum Gasteiger partial charge on any atom is 0.258 e. The van der Waals surface area contributed by atoms with Crippen molar-refractivity contribution in [3.8, 4) is 11.5 Å². The predicted octanol–water partition coefficient (Wildman–Crippen LogP) is 4.02. The molecular formula is C19H13FN4O. The van der Waals surface area contributed by atoms with Crippen LogP contribution in [0.1, 0.15) is 10.4 Å². The van der Waals surface area contributed by atoms with E-state index < -0.39 is 11.7 Å². The van der Waals surface area contributed by atoms with E-state index in [1.807, 2.05) is 18.2 Å². The van der Waals surface area contributed by atoms with Crippen LogP contribution in [0, 0.1) is 5.82 Å². The van der Waals surface area contributed by atoms with Gasteiger partial charge in [-0.25, -0.2) is 9.37 Å². The van der Waals surface area contributed by atoms with Crippen molar-refractivity contribution in [3.05, 3.63) is 78.2 Å². The molecule has 0 atom stereocenters. The Hall–Kier alpha value is -3.54. The third-order valence-electron chi connectivity index (χ3n) is 3.77. The van der Waals surface area contributed by atoms with Crippen molar-refractivity contribution in [2.45, 2.75) is 0 Å². The first kappa shape index (κ1) is 15.0. The second kappa shape index (κ2) is 6.16. The lowest BCUT2D eigenvalue weighted by molar-refractivity contribution is 0.102. The number of benzene rings is 2. The molecule has 0 fully saturated rings. The summed E-state index contributed by atoms with van der Waals surface area (Å²) in [7, 11) is 0. The molecule has 0 aliphatic carbocycles. The molecule has 0 aliphatic heterocycles. The van der Waals surface area contributed by atoms with Gasteiger partial charge < -0.3 is 10.3 Å². The van der Waals surface area contributed by atoms with Gasteiger partial charge in [-0.05, 0) is 42.5 Å². The SMILES string of the molecule is O=C(Nc1ccc2nc(-c3ccccn3)[nH]c2c1)c1ccccc1F. The first-order valence-corrected chi connectivity index (χ1v) is 7.68. The summed E-state index contributed by atoms with van der Waals surface area (Å²) in [5, 5.41) is 2.70. The summed E-state index contributed by atoms with van der Waals surface area (Å²) in [6.07, 6.45) is 1.70. The number of fused-ring (bicyclic) bond motifs is 1. The molecule has 0 unspecified atom stereocenters. The number of hydrogen-bond donors (Lipinski definition) is 2. The number of hydrogen-bond acceptors (Lipinski definition) is 3. The Morgan fingerprint density at radius 3 is 2.68 bits per heavy atom. The molecule has 4 rings (SSSR count). The van der Waals surface area contributed by atoms with Crippen LogP contribution in [0.5, 0.6) is 0 Å². The van der Waals surface area contributed by atoms with E-state index in [9.17, 15) is 9.18 Å². The number of carbonyl (C=O) groups excluding carboxylic acids is 1. The van der Waals surface area contributed by atoms with E-state index in [-0.39, 0.29) is 5.56 Å². The van der Waals surface area contributed by atoms with Gasteiger partial charge in [-0.15, -0.1) is 0 Å². The van der Waals surface area contributed by atoms with Crippen molar-refractivity contribution < 1.29 is 9.18 Å². The van der Waals surface area contributed by atoms with Gasteiger partial charge in [0.25, 0.3) is 5.91 Å². The van der Waals surface area contributed by atoms with Crippen LogP contribution in [0.2, 0.25) is 0 Å². The molecule has 6 heteroatoms. The van der Waals surface area contributed by atoms with Crippen LogP contribution in [-0.4, -0.2) is 20.9 Å². The Kier molecular flexibility index (Phi) is 3.70. The smallest absolute Gasteiger partial charge is 0.258 e. The van der Waals surface area contributed by atoms with E-state index in [4.69, 9.17) is 0 Å². The number of aromatic nitrogens is 3. The summed E-state index contributed by atoms with van der Waals surface area (Å²) in [5.41, 5.74) is 2.80. The molecule has 2 aromatic carbocycles. The highest BCUT2D eigenvalue weighted by Crippen LogP contribution is 2.22. The third-order valence-corrected chi connectivity index (χ3v) is 3.77. The van der Waals surface area contributed by atoms with Gasteiger partial charge in [-0.1, -0.05) is 18.2 Å². The number of aromatic amines is 1. The van der Waals surface area contributed by atoms with E-state index in [1.54, 1.807) is 36.5 Å². The van der Waals surface area contributed by atoms with E-state index in [2.05, 4.69) is 20.3 Å². The topological polar surface area (TPSA) is 70.7 Å². The Labute approximate surface area is 142 Å². The van der Waals surface area contributed by atoms with Crippen LogP contribution in [-0.2, 0) is 0 Å². The zero-order valence-corrected chi connectivity index (χ0v) is 13.0. The molecule has 1 amide bonds. The number of nitrogens with zero attached hydrogens (tertiary/aromatic N) is 2.